The Morgan fingerprint density at radius 1 is 1.69 bits per heavy atom. The Bertz CT molecular complexity index is 201. The zero-order valence-corrected chi connectivity index (χ0v) is 7.99. The molecule has 1 aliphatic rings. The number of aliphatic hydroxyl groups excluding tert-OH is 1. The van der Waals surface area contributed by atoms with Crippen molar-refractivity contribution in [1.29, 1.82) is 0 Å². The van der Waals surface area contributed by atoms with Crippen molar-refractivity contribution in [3.63, 3.8) is 0 Å². The van der Waals surface area contributed by atoms with Crippen LogP contribution in [-0.4, -0.2) is 23.2 Å². The maximum atomic E-state index is 11.3. The lowest BCUT2D eigenvalue weighted by atomic mass is 10.0. The van der Waals surface area contributed by atoms with Crippen LogP contribution in [0.1, 0.15) is 32.6 Å². The average molecular weight is 183 g/mol. The van der Waals surface area contributed by atoms with Crippen molar-refractivity contribution in [2.45, 2.75) is 44.8 Å². The lowest BCUT2D eigenvalue weighted by Crippen LogP contribution is -2.41. The van der Waals surface area contributed by atoms with E-state index in [4.69, 9.17) is 0 Å². The molecule has 1 amide bonds. The van der Waals surface area contributed by atoms with Crippen LogP contribution in [0.2, 0.25) is 0 Å². The number of aliphatic hydroxyl groups is 1. The van der Waals surface area contributed by atoms with Crippen LogP contribution in [0.15, 0.2) is 12.2 Å². The fourth-order valence-corrected chi connectivity index (χ4v) is 1.41. The van der Waals surface area contributed by atoms with Gasteiger partial charge in [0.1, 0.15) is 6.10 Å². The van der Waals surface area contributed by atoms with Crippen LogP contribution in [-0.2, 0) is 4.79 Å². The average Bonchev–Trinajstić information content (AvgIpc) is 2.18. The molecule has 0 aromatic rings. The van der Waals surface area contributed by atoms with Crippen molar-refractivity contribution in [3.8, 4) is 0 Å². The number of amides is 1. The Morgan fingerprint density at radius 3 is 3.00 bits per heavy atom. The van der Waals surface area contributed by atoms with Gasteiger partial charge in [-0.1, -0.05) is 19.1 Å². The third kappa shape index (κ3) is 3.19. The quantitative estimate of drug-likeness (QED) is 0.641. The van der Waals surface area contributed by atoms with Gasteiger partial charge < -0.3 is 10.4 Å². The maximum absolute atomic E-state index is 11.3. The molecule has 3 nitrogen and oxygen atoms in total. The molecule has 13 heavy (non-hydrogen) atoms. The zero-order valence-electron chi connectivity index (χ0n) is 7.99. The molecule has 0 aliphatic heterocycles. The van der Waals surface area contributed by atoms with E-state index in [0.717, 1.165) is 19.3 Å². The zero-order chi connectivity index (χ0) is 9.68. The number of hydrogen-bond donors (Lipinski definition) is 2. The Morgan fingerprint density at radius 2 is 2.46 bits per heavy atom. The van der Waals surface area contributed by atoms with E-state index in [1.165, 1.54) is 0 Å². The summed E-state index contributed by atoms with van der Waals surface area (Å²) in [5.41, 5.74) is 0. The summed E-state index contributed by atoms with van der Waals surface area (Å²) < 4.78 is 0. The SMILES string of the molecule is CCC(O)C(=O)NC1CC=CCC1. The summed E-state index contributed by atoms with van der Waals surface area (Å²) in [5.74, 6) is -0.234. The van der Waals surface area contributed by atoms with Crippen LogP contribution < -0.4 is 5.32 Å². The van der Waals surface area contributed by atoms with E-state index in [2.05, 4.69) is 17.5 Å². The highest BCUT2D eigenvalue weighted by Crippen LogP contribution is 2.10. The predicted molar refractivity (Wildman–Crippen MR) is 51.2 cm³/mol. The van der Waals surface area contributed by atoms with Crippen molar-refractivity contribution in [2.24, 2.45) is 0 Å². The Kier molecular flexibility index (Phi) is 3.96. The summed E-state index contributed by atoms with van der Waals surface area (Å²) >= 11 is 0. The third-order valence-corrected chi connectivity index (χ3v) is 2.30. The molecule has 74 valence electrons. The number of hydrogen-bond acceptors (Lipinski definition) is 2. The standard InChI is InChI=1S/C10H17NO2/c1-2-9(12)10(13)11-8-6-4-3-5-7-8/h3-4,8-9,12H,2,5-7H2,1H3,(H,11,13). The number of carbonyl (C=O) groups excluding carboxylic acids is 1. The third-order valence-electron chi connectivity index (χ3n) is 2.30. The molecule has 1 aliphatic carbocycles. The molecule has 2 atom stereocenters. The largest absolute Gasteiger partial charge is 0.383 e. The van der Waals surface area contributed by atoms with Gasteiger partial charge in [0.05, 0.1) is 0 Å². The van der Waals surface area contributed by atoms with Crippen LogP contribution in [0.25, 0.3) is 0 Å². The minimum atomic E-state index is -0.842. The normalized spacial score (nSPS) is 24.0. The maximum Gasteiger partial charge on any atom is 0.249 e. The van der Waals surface area contributed by atoms with Gasteiger partial charge in [0.2, 0.25) is 5.91 Å². The molecular formula is C10H17NO2. The first kappa shape index (κ1) is 10.3. The highest BCUT2D eigenvalue weighted by Gasteiger charge is 2.17. The van der Waals surface area contributed by atoms with Gasteiger partial charge in [-0.3, -0.25) is 4.79 Å². The Labute approximate surface area is 78.8 Å². The van der Waals surface area contributed by atoms with Crippen molar-refractivity contribution in [1.82, 2.24) is 5.32 Å². The Balaban J connectivity index is 2.31. The van der Waals surface area contributed by atoms with Gasteiger partial charge in [-0.15, -0.1) is 0 Å². The molecule has 0 saturated heterocycles. The lowest BCUT2D eigenvalue weighted by Gasteiger charge is -2.20. The fraction of sp³-hybridized carbons (Fsp3) is 0.700. The highest BCUT2D eigenvalue weighted by atomic mass is 16.3. The minimum absolute atomic E-state index is 0.221. The summed E-state index contributed by atoms with van der Waals surface area (Å²) in [6.45, 7) is 1.80. The molecule has 0 aromatic heterocycles. The molecule has 0 bridgehead atoms. The minimum Gasteiger partial charge on any atom is -0.383 e. The first-order chi connectivity index (χ1) is 6.24. The van der Waals surface area contributed by atoms with Crippen LogP contribution in [0.4, 0.5) is 0 Å². The van der Waals surface area contributed by atoms with Crippen molar-refractivity contribution >= 4 is 5.91 Å². The van der Waals surface area contributed by atoms with Gasteiger partial charge in [-0.05, 0) is 25.7 Å². The molecule has 0 saturated carbocycles. The highest BCUT2D eigenvalue weighted by molar-refractivity contribution is 5.80. The van der Waals surface area contributed by atoms with Gasteiger partial charge in [0.25, 0.3) is 0 Å². The van der Waals surface area contributed by atoms with Crippen LogP contribution >= 0.6 is 0 Å². The second-order valence-electron chi connectivity index (χ2n) is 3.41. The lowest BCUT2D eigenvalue weighted by molar-refractivity contribution is -0.130. The van der Waals surface area contributed by atoms with Gasteiger partial charge in [0.15, 0.2) is 0 Å². The fourth-order valence-electron chi connectivity index (χ4n) is 1.41. The van der Waals surface area contributed by atoms with E-state index in [0.29, 0.717) is 6.42 Å². The van der Waals surface area contributed by atoms with Crippen LogP contribution in [0.5, 0.6) is 0 Å². The molecule has 3 heteroatoms. The van der Waals surface area contributed by atoms with Crippen molar-refractivity contribution in [2.75, 3.05) is 0 Å². The molecular weight excluding hydrogens is 166 g/mol. The predicted octanol–water partition coefficient (Wildman–Crippen LogP) is 0.982. The van der Waals surface area contributed by atoms with Crippen LogP contribution in [0, 0.1) is 0 Å². The molecule has 0 spiro atoms. The number of rotatable bonds is 3. The van der Waals surface area contributed by atoms with Crippen molar-refractivity contribution in [3.05, 3.63) is 12.2 Å². The van der Waals surface area contributed by atoms with Gasteiger partial charge >= 0.3 is 0 Å². The van der Waals surface area contributed by atoms with Gasteiger partial charge in [-0.2, -0.15) is 0 Å². The molecule has 0 aromatic carbocycles. The second kappa shape index (κ2) is 5.02. The van der Waals surface area contributed by atoms with Crippen molar-refractivity contribution < 1.29 is 9.90 Å². The van der Waals surface area contributed by atoms with Crippen LogP contribution in [0.3, 0.4) is 0 Å². The smallest absolute Gasteiger partial charge is 0.249 e. The summed E-state index contributed by atoms with van der Waals surface area (Å²) in [7, 11) is 0. The number of allylic oxidation sites excluding steroid dienone is 1. The molecule has 1 rings (SSSR count). The summed E-state index contributed by atoms with van der Waals surface area (Å²) in [5, 5.41) is 12.1. The van der Waals surface area contributed by atoms with E-state index < -0.39 is 6.10 Å². The topological polar surface area (TPSA) is 49.3 Å². The van der Waals surface area contributed by atoms with E-state index in [-0.39, 0.29) is 11.9 Å². The monoisotopic (exact) mass is 183 g/mol. The summed E-state index contributed by atoms with van der Waals surface area (Å²) in [4.78, 5) is 11.3. The molecule has 0 radical (unpaired) electrons. The summed E-state index contributed by atoms with van der Waals surface area (Å²) in [6, 6.07) is 0.221. The summed E-state index contributed by atoms with van der Waals surface area (Å²) in [6.07, 6.45) is 6.74. The van der Waals surface area contributed by atoms with E-state index in [1.54, 1.807) is 6.92 Å². The molecule has 2 unspecified atom stereocenters. The van der Waals surface area contributed by atoms with E-state index in [1.807, 2.05) is 0 Å². The number of nitrogens with one attached hydrogen (secondary N) is 1. The molecule has 0 heterocycles. The number of carbonyl (C=O) groups is 1. The first-order valence-electron chi connectivity index (χ1n) is 4.87. The van der Waals surface area contributed by atoms with Gasteiger partial charge in [0, 0.05) is 6.04 Å². The molecule has 2 N–H and O–H groups in total. The van der Waals surface area contributed by atoms with E-state index >= 15 is 0 Å². The molecule has 0 fully saturated rings. The van der Waals surface area contributed by atoms with E-state index in [9.17, 15) is 9.90 Å². The second-order valence-corrected chi connectivity index (χ2v) is 3.41. The van der Waals surface area contributed by atoms with Gasteiger partial charge in [-0.25, -0.2) is 0 Å². The Hall–Kier alpha value is -0.830. The first-order valence-corrected chi connectivity index (χ1v) is 4.87.